The number of rotatable bonds is 3. The second-order valence-electron chi connectivity index (χ2n) is 2.74. The van der Waals surface area contributed by atoms with Gasteiger partial charge in [0, 0.05) is 24.8 Å². The quantitative estimate of drug-likeness (QED) is 0.589. The van der Waals surface area contributed by atoms with Gasteiger partial charge in [-0.25, -0.2) is 0 Å². The van der Waals surface area contributed by atoms with E-state index in [1.54, 1.807) is 6.92 Å². The molecule has 1 heterocycles. The Hall–Kier alpha value is -1.16. The summed E-state index contributed by atoms with van der Waals surface area (Å²) in [4.78, 5) is 23.2. The molecule has 4 nitrogen and oxygen atoms in total. The summed E-state index contributed by atoms with van der Waals surface area (Å²) < 4.78 is 0. The largest absolute Gasteiger partial charge is 0.396 e. The van der Waals surface area contributed by atoms with E-state index in [9.17, 15) is 9.59 Å². The fourth-order valence-electron chi connectivity index (χ4n) is 1.16. The molecule has 1 aliphatic rings. The molecule has 0 aromatic carbocycles. The highest BCUT2D eigenvalue weighted by molar-refractivity contribution is 6.13. The first-order chi connectivity index (χ1) is 5.66. The lowest BCUT2D eigenvalue weighted by atomic mass is 10.2. The molecule has 12 heavy (non-hydrogen) atoms. The molecule has 1 atom stereocenters. The van der Waals surface area contributed by atoms with Gasteiger partial charge < -0.3 is 5.11 Å². The normalized spacial score (nSPS) is 19.0. The Bertz CT molecular complexity index is 216. The first-order valence-electron chi connectivity index (χ1n) is 3.83. The van der Waals surface area contributed by atoms with Gasteiger partial charge in [-0.2, -0.15) is 0 Å². The van der Waals surface area contributed by atoms with E-state index in [1.807, 2.05) is 0 Å². The third-order valence-electron chi connectivity index (χ3n) is 1.83. The molecule has 1 aliphatic heterocycles. The highest BCUT2D eigenvalue weighted by atomic mass is 16.3. The Morgan fingerprint density at radius 2 is 1.92 bits per heavy atom. The summed E-state index contributed by atoms with van der Waals surface area (Å²) in [5, 5.41) is 8.60. The molecule has 4 heteroatoms. The van der Waals surface area contributed by atoms with Gasteiger partial charge in [0.25, 0.3) is 11.8 Å². The molecule has 0 aromatic heterocycles. The van der Waals surface area contributed by atoms with Crippen LogP contribution in [0.4, 0.5) is 0 Å². The molecule has 0 spiro atoms. The minimum absolute atomic E-state index is 0.0156. The average Bonchev–Trinajstić information content (AvgIpc) is 2.32. The van der Waals surface area contributed by atoms with Crippen molar-refractivity contribution >= 4 is 11.8 Å². The summed E-state index contributed by atoms with van der Waals surface area (Å²) in [6, 6.07) is -0.218. The van der Waals surface area contributed by atoms with Gasteiger partial charge in [0.1, 0.15) is 0 Å². The number of aliphatic hydroxyl groups excluding tert-OH is 1. The predicted octanol–water partition coefficient (Wildman–Crippen LogP) is -0.318. The maximum Gasteiger partial charge on any atom is 0.253 e. The smallest absolute Gasteiger partial charge is 0.253 e. The second kappa shape index (κ2) is 3.49. The van der Waals surface area contributed by atoms with E-state index in [2.05, 4.69) is 0 Å². The SMILES string of the molecule is CC(CCO)N1C(=O)C=CC1=O. The van der Waals surface area contributed by atoms with Crippen molar-refractivity contribution < 1.29 is 14.7 Å². The van der Waals surface area contributed by atoms with Crippen molar-refractivity contribution in [2.24, 2.45) is 0 Å². The summed E-state index contributed by atoms with van der Waals surface area (Å²) in [7, 11) is 0. The third-order valence-corrected chi connectivity index (χ3v) is 1.83. The standard InChI is InChI=1S/C8H11NO3/c1-6(4-5-10)9-7(11)2-3-8(9)12/h2-3,6,10H,4-5H2,1H3. The van der Waals surface area contributed by atoms with Crippen molar-refractivity contribution in [2.75, 3.05) is 6.61 Å². The van der Waals surface area contributed by atoms with Crippen molar-refractivity contribution in [3.05, 3.63) is 12.2 Å². The van der Waals surface area contributed by atoms with Gasteiger partial charge in [-0.05, 0) is 13.3 Å². The molecule has 0 radical (unpaired) electrons. The molecule has 66 valence electrons. The number of hydrogen-bond donors (Lipinski definition) is 1. The van der Waals surface area contributed by atoms with E-state index in [0.29, 0.717) is 6.42 Å². The van der Waals surface area contributed by atoms with E-state index < -0.39 is 0 Å². The maximum absolute atomic E-state index is 11.0. The molecule has 2 amide bonds. The number of imide groups is 1. The molecule has 0 bridgehead atoms. The van der Waals surface area contributed by atoms with E-state index >= 15 is 0 Å². The highest BCUT2D eigenvalue weighted by Crippen LogP contribution is 2.10. The number of nitrogens with zero attached hydrogens (tertiary/aromatic N) is 1. The summed E-state index contributed by atoms with van der Waals surface area (Å²) in [6.45, 7) is 1.72. The topological polar surface area (TPSA) is 57.6 Å². The van der Waals surface area contributed by atoms with Gasteiger partial charge in [0.05, 0.1) is 0 Å². The Kier molecular flexibility index (Phi) is 2.60. The molecule has 1 unspecified atom stereocenters. The minimum atomic E-state index is -0.291. The van der Waals surface area contributed by atoms with Gasteiger partial charge in [-0.15, -0.1) is 0 Å². The van der Waals surface area contributed by atoms with Gasteiger partial charge in [0.2, 0.25) is 0 Å². The number of carbonyl (C=O) groups is 2. The van der Waals surface area contributed by atoms with Crippen LogP contribution in [0, 0.1) is 0 Å². The summed E-state index contributed by atoms with van der Waals surface area (Å²) in [5.41, 5.74) is 0. The van der Waals surface area contributed by atoms with Crippen LogP contribution in [0.2, 0.25) is 0 Å². The zero-order valence-corrected chi connectivity index (χ0v) is 6.86. The molecular formula is C8H11NO3. The first kappa shape index (κ1) is 8.93. The number of carbonyl (C=O) groups excluding carboxylic acids is 2. The van der Waals surface area contributed by atoms with E-state index in [1.165, 1.54) is 12.2 Å². The van der Waals surface area contributed by atoms with Crippen LogP contribution in [-0.4, -0.2) is 34.5 Å². The fourth-order valence-corrected chi connectivity index (χ4v) is 1.16. The molecule has 0 saturated heterocycles. The summed E-state index contributed by atoms with van der Waals surface area (Å²) in [6.07, 6.45) is 2.92. The van der Waals surface area contributed by atoms with Crippen LogP contribution in [0.3, 0.4) is 0 Å². The number of amides is 2. The van der Waals surface area contributed by atoms with Crippen LogP contribution in [0.5, 0.6) is 0 Å². The fraction of sp³-hybridized carbons (Fsp3) is 0.500. The van der Waals surface area contributed by atoms with Crippen molar-refractivity contribution in [1.82, 2.24) is 4.90 Å². The van der Waals surface area contributed by atoms with Crippen LogP contribution in [0.15, 0.2) is 12.2 Å². The van der Waals surface area contributed by atoms with Crippen molar-refractivity contribution in [2.45, 2.75) is 19.4 Å². The molecule has 0 fully saturated rings. The Morgan fingerprint density at radius 1 is 1.42 bits per heavy atom. The molecule has 1 rings (SSSR count). The van der Waals surface area contributed by atoms with E-state index in [0.717, 1.165) is 4.90 Å². The molecule has 0 saturated carbocycles. The number of aliphatic hydroxyl groups is 1. The van der Waals surface area contributed by atoms with Crippen LogP contribution in [-0.2, 0) is 9.59 Å². The molecule has 1 N–H and O–H groups in total. The van der Waals surface area contributed by atoms with Crippen molar-refractivity contribution in [1.29, 1.82) is 0 Å². The van der Waals surface area contributed by atoms with Crippen molar-refractivity contribution in [3.8, 4) is 0 Å². The third kappa shape index (κ3) is 1.53. The van der Waals surface area contributed by atoms with Crippen LogP contribution in [0.25, 0.3) is 0 Å². The molecular weight excluding hydrogens is 158 g/mol. The minimum Gasteiger partial charge on any atom is -0.396 e. The van der Waals surface area contributed by atoms with E-state index in [-0.39, 0.29) is 24.5 Å². The Morgan fingerprint density at radius 3 is 2.33 bits per heavy atom. The second-order valence-corrected chi connectivity index (χ2v) is 2.74. The van der Waals surface area contributed by atoms with Crippen LogP contribution >= 0.6 is 0 Å². The van der Waals surface area contributed by atoms with E-state index in [4.69, 9.17) is 5.11 Å². The zero-order chi connectivity index (χ0) is 9.14. The van der Waals surface area contributed by atoms with Gasteiger partial charge in [-0.3, -0.25) is 14.5 Å². The summed E-state index contributed by atoms with van der Waals surface area (Å²) in [5.74, 6) is -0.582. The lowest BCUT2D eigenvalue weighted by molar-refractivity contribution is -0.139. The molecule has 0 aromatic rings. The van der Waals surface area contributed by atoms with Crippen molar-refractivity contribution in [3.63, 3.8) is 0 Å². The maximum atomic E-state index is 11.0. The number of hydrogen-bond acceptors (Lipinski definition) is 3. The van der Waals surface area contributed by atoms with Gasteiger partial charge in [0.15, 0.2) is 0 Å². The van der Waals surface area contributed by atoms with Gasteiger partial charge >= 0.3 is 0 Å². The Labute approximate surface area is 70.5 Å². The zero-order valence-electron chi connectivity index (χ0n) is 6.86. The first-order valence-corrected chi connectivity index (χ1v) is 3.83. The molecule has 0 aliphatic carbocycles. The highest BCUT2D eigenvalue weighted by Gasteiger charge is 2.27. The summed E-state index contributed by atoms with van der Waals surface area (Å²) >= 11 is 0. The lowest BCUT2D eigenvalue weighted by Crippen LogP contribution is -2.38. The van der Waals surface area contributed by atoms with Crippen LogP contribution < -0.4 is 0 Å². The van der Waals surface area contributed by atoms with Gasteiger partial charge in [-0.1, -0.05) is 0 Å². The predicted molar refractivity (Wildman–Crippen MR) is 42.2 cm³/mol. The Balaban J connectivity index is 2.63. The average molecular weight is 169 g/mol. The monoisotopic (exact) mass is 169 g/mol. The lowest BCUT2D eigenvalue weighted by Gasteiger charge is -2.21. The van der Waals surface area contributed by atoms with Crippen LogP contribution in [0.1, 0.15) is 13.3 Å².